The molecule has 2 atom stereocenters. The van der Waals surface area contributed by atoms with Gasteiger partial charge in [-0.05, 0) is 36.9 Å². The van der Waals surface area contributed by atoms with Crippen molar-refractivity contribution < 1.29 is 0 Å². The quantitative estimate of drug-likeness (QED) is 0.805. The Kier molecular flexibility index (Phi) is 3.62. The Morgan fingerprint density at radius 2 is 2.20 bits per heavy atom. The van der Waals surface area contributed by atoms with Crippen molar-refractivity contribution in [1.29, 1.82) is 0 Å². The Hall–Kier alpha value is -0.570. The Balaban J connectivity index is 2.04. The highest BCUT2D eigenvalue weighted by atomic mass is 35.5. The topological polar surface area (TPSA) is 38.0 Å². The summed E-state index contributed by atoms with van der Waals surface area (Å²) < 4.78 is 0. The van der Waals surface area contributed by atoms with Crippen LogP contribution in [0.25, 0.3) is 0 Å². The SMILES string of the molecule is NC1CNCCC1Cc1ccccc1Cl. The number of hydrogen-bond donors (Lipinski definition) is 2. The van der Waals surface area contributed by atoms with Gasteiger partial charge in [0, 0.05) is 17.6 Å². The molecule has 2 nitrogen and oxygen atoms in total. The Bertz CT molecular complexity index is 327. The number of nitrogens with one attached hydrogen (secondary N) is 1. The summed E-state index contributed by atoms with van der Waals surface area (Å²) in [7, 11) is 0. The summed E-state index contributed by atoms with van der Waals surface area (Å²) >= 11 is 6.13. The van der Waals surface area contributed by atoms with E-state index in [0.29, 0.717) is 5.92 Å². The number of piperidine rings is 1. The first-order chi connectivity index (χ1) is 7.27. The van der Waals surface area contributed by atoms with Crippen LogP contribution in [0, 0.1) is 5.92 Å². The second kappa shape index (κ2) is 4.97. The molecular formula is C12H17ClN2. The van der Waals surface area contributed by atoms with Crippen LogP contribution in [-0.2, 0) is 6.42 Å². The fourth-order valence-corrected chi connectivity index (χ4v) is 2.35. The Morgan fingerprint density at radius 3 is 2.93 bits per heavy atom. The predicted octanol–water partition coefficient (Wildman–Crippen LogP) is 1.82. The lowest BCUT2D eigenvalue weighted by Crippen LogP contribution is -2.46. The van der Waals surface area contributed by atoms with Gasteiger partial charge in [-0.1, -0.05) is 29.8 Å². The zero-order valence-corrected chi connectivity index (χ0v) is 9.50. The van der Waals surface area contributed by atoms with Crippen LogP contribution in [0.4, 0.5) is 0 Å². The normalized spacial score (nSPS) is 26.5. The molecule has 1 aromatic carbocycles. The molecule has 1 saturated heterocycles. The van der Waals surface area contributed by atoms with Gasteiger partial charge >= 0.3 is 0 Å². The van der Waals surface area contributed by atoms with E-state index in [1.165, 1.54) is 5.56 Å². The van der Waals surface area contributed by atoms with E-state index < -0.39 is 0 Å². The number of nitrogens with two attached hydrogens (primary N) is 1. The van der Waals surface area contributed by atoms with Gasteiger partial charge in [0.2, 0.25) is 0 Å². The molecule has 15 heavy (non-hydrogen) atoms. The van der Waals surface area contributed by atoms with Crippen LogP contribution in [-0.4, -0.2) is 19.1 Å². The second-order valence-electron chi connectivity index (χ2n) is 4.21. The second-order valence-corrected chi connectivity index (χ2v) is 4.62. The fraction of sp³-hybridized carbons (Fsp3) is 0.500. The van der Waals surface area contributed by atoms with E-state index in [2.05, 4.69) is 11.4 Å². The van der Waals surface area contributed by atoms with Crippen molar-refractivity contribution in [3.05, 3.63) is 34.9 Å². The van der Waals surface area contributed by atoms with Crippen molar-refractivity contribution in [2.24, 2.45) is 11.7 Å². The standard InChI is InChI=1S/C12H17ClN2/c13-11-4-2-1-3-9(11)7-10-5-6-15-8-12(10)14/h1-4,10,12,15H,5-8,14H2. The third kappa shape index (κ3) is 2.71. The summed E-state index contributed by atoms with van der Waals surface area (Å²) in [4.78, 5) is 0. The molecule has 1 aliphatic heterocycles. The van der Waals surface area contributed by atoms with E-state index in [0.717, 1.165) is 31.0 Å². The minimum absolute atomic E-state index is 0.259. The minimum atomic E-state index is 0.259. The summed E-state index contributed by atoms with van der Waals surface area (Å²) in [5, 5.41) is 4.17. The number of halogens is 1. The summed E-state index contributed by atoms with van der Waals surface area (Å²) in [6.07, 6.45) is 2.15. The number of hydrogen-bond acceptors (Lipinski definition) is 2. The van der Waals surface area contributed by atoms with Gasteiger partial charge in [-0.2, -0.15) is 0 Å². The molecule has 1 aromatic rings. The van der Waals surface area contributed by atoms with Gasteiger partial charge in [-0.25, -0.2) is 0 Å². The van der Waals surface area contributed by atoms with Crippen molar-refractivity contribution in [2.45, 2.75) is 18.9 Å². The van der Waals surface area contributed by atoms with Gasteiger partial charge in [-0.3, -0.25) is 0 Å². The van der Waals surface area contributed by atoms with Gasteiger partial charge in [0.15, 0.2) is 0 Å². The number of benzene rings is 1. The van der Waals surface area contributed by atoms with Gasteiger partial charge < -0.3 is 11.1 Å². The zero-order chi connectivity index (χ0) is 10.7. The molecule has 0 aromatic heterocycles. The first-order valence-electron chi connectivity index (χ1n) is 5.47. The Morgan fingerprint density at radius 1 is 1.40 bits per heavy atom. The molecule has 1 fully saturated rings. The maximum atomic E-state index is 6.13. The minimum Gasteiger partial charge on any atom is -0.326 e. The first-order valence-corrected chi connectivity index (χ1v) is 5.85. The highest BCUT2D eigenvalue weighted by Crippen LogP contribution is 2.22. The maximum absolute atomic E-state index is 6.13. The average Bonchev–Trinajstić information content (AvgIpc) is 2.24. The highest BCUT2D eigenvalue weighted by molar-refractivity contribution is 6.31. The van der Waals surface area contributed by atoms with Gasteiger partial charge in [0.05, 0.1) is 0 Å². The number of rotatable bonds is 2. The van der Waals surface area contributed by atoms with E-state index in [4.69, 9.17) is 17.3 Å². The zero-order valence-electron chi connectivity index (χ0n) is 8.75. The largest absolute Gasteiger partial charge is 0.326 e. The summed E-state index contributed by atoms with van der Waals surface area (Å²) in [6.45, 7) is 2.00. The lowest BCUT2D eigenvalue weighted by molar-refractivity contribution is 0.322. The van der Waals surface area contributed by atoms with Crippen molar-refractivity contribution in [2.75, 3.05) is 13.1 Å². The van der Waals surface area contributed by atoms with E-state index >= 15 is 0 Å². The van der Waals surface area contributed by atoms with Crippen molar-refractivity contribution in [3.63, 3.8) is 0 Å². The lowest BCUT2D eigenvalue weighted by atomic mass is 9.87. The van der Waals surface area contributed by atoms with Crippen LogP contribution in [0.5, 0.6) is 0 Å². The summed E-state index contributed by atoms with van der Waals surface area (Å²) in [5.41, 5.74) is 7.29. The third-order valence-electron chi connectivity index (χ3n) is 3.12. The molecule has 0 amide bonds. The molecule has 0 saturated carbocycles. The first kappa shape index (κ1) is 10.9. The van der Waals surface area contributed by atoms with Crippen LogP contribution in [0.3, 0.4) is 0 Å². The molecular weight excluding hydrogens is 208 g/mol. The highest BCUT2D eigenvalue weighted by Gasteiger charge is 2.22. The molecule has 3 heteroatoms. The van der Waals surface area contributed by atoms with Crippen LogP contribution in [0.1, 0.15) is 12.0 Å². The van der Waals surface area contributed by atoms with Gasteiger partial charge in [0.25, 0.3) is 0 Å². The molecule has 1 aliphatic rings. The molecule has 2 rings (SSSR count). The van der Waals surface area contributed by atoms with Crippen molar-refractivity contribution >= 4 is 11.6 Å². The molecule has 3 N–H and O–H groups in total. The summed E-state index contributed by atoms with van der Waals surface area (Å²) in [6, 6.07) is 8.30. The van der Waals surface area contributed by atoms with E-state index in [1.54, 1.807) is 0 Å². The molecule has 0 spiro atoms. The molecule has 2 unspecified atom stereocenters. The monoisotopic (exact) mass is 224 g/mol. The van der Waals surface area contributed by atoms with E-state index in [9.17, 15) is 0 Å². The molecule has 0 bridgehead atoms. The lowest BCUT2D eigenvalue weighted by Gasteiger charge is -2.29. The smallest absolute Gasteiger partial charge is 0.0438 e. The van der Waals surface area contributed by atoms with E-state index in [-0.39, 0.29) is 6.04 Å². The van der Waals surface area contributed by atoms with Crippen LogP contribution < -0.4 is 11.1 Å². The van der Waals surface area contributed by atoms with Crippen LogP contribution >= 0.6 is 11.6 Å². The van der Waals surface area contributed by atoms with E-state index in [1.807, 2.05) is 18.2 Å². The van der Waals surface area contributed by atoms with Crippen molar-refractivity contribution in [1.82, 2.24) is 5.32 Å². The Labute approximate surface area is 95.8 Å². The average molecular weight is 225 g/mol. The molecule has 1 heterocycles. The van der Waals surface area contributed by atoms with Crippen LogP contribution in [0.15, 0.2) is 24.3 Å². The summed E-state index contributed by atoms with van der Waals surface area (Å²) in [5.74, 6) is 0.561. The fourth-order valence-electron chi connectivity index (χ4n) is 2.14. The molecule has 82 valence electrons. The maximum Gasteiger partial charge on any atom is 0.0438 e. The van der Waals surface area contributed by atoms with Crippen molar-refractivity contribution in [3.8, 4) is 0 Å². The van der Waals surface area contributed by atoms with Gasteiger partial charge in [-0.15, -0.1) is 0 Å². The molecule has 0 aliphatic carbocycles. The predicted molar refractivity (Wildman–Crippen MR) is 64.1 cm³/mol. The molecule has 0 radical (unpaired) electrons. The van der Waals surface area contributed by atoms with Crippen LogP contribution in [0.2, 0.25) is 5.02 Å². The van der Waals surface area contributed by atoms with Gasteiger partial charge in [0.1, 0.15) is 0 Å². The third-order valence-corrected chi connectivity index (χ3v) is 3.49.